The van der Waals surface area contributed by atoms with Crippen LogP contribution >= 0.6 is 22.9 Å². The number of rotatable bonds is 5. The van der Waals surface area contributed by atoms with Crippen LogP contribution in [0.3, 0.4) is 0 Å². The Morgan fingerprint density at radius 2 is 1.82 bits per heavy atom. The highest BCUT2D eigenvalue weighted by atomic mass is 35.5. The summed E-state index contributed by atoms with van der Waals surface area (Å²) in [5.41, 5.74) is 2.15. The Hall–Kier alpha value is -3.07. The van der Waals surface area contributed by atoms with Gasteiger partial charge >= 0.3 is 0 Å². The van der Waals surface area contributed by atoms with E-state index in [1.54, 1.807) is 18.2 Å². The number of nitrogens with one attached hydrogen (secondary N) is 1. The minimum Gasteiger partial charge on any atom is -0.340 e. The second-order valence-electron chi connectivity index (χ2n) is 8.27. The van der Waals surface area contributed by atoms with Gasteiger partial charge in [-0.1, -0.05) is 41.9 Å². The molecule has 1 N–H and O–H groups in total. The van der Waals surface area contributed by atoms with E-state index in [4.69, 9.17) is 11.6 Å². The SMILES string of the molecule is O=C(Cc1ccccc1Cl)N1CCN(Cc2nc3cc(-c4ccc(F)cc4)sc3c(=O)[nH]2)CC1. The molecule has 2 aromatic heterocycles. The van der Waals surface area contributed by atoms with Crippen molar-refractivity contribution in [2.45, 2.75) is 13.0 Å². The van der Waals surface area contributed by atoms with Crippen LogP contribution in [0.1, 0.15) is 11.4 Å². The van der Waals surface area contributed by atoms with E-state index in [1.807, 2.05) is 29.2 Å². The molecule has 1 aliphatic rings. The summed E-state index contributed by atoms with van der Waals surface area (Å²) < 4.78 is 13.8. The van der Waals surface area contributed by atoms with E-state index in [0.717, 1.165) is 16.0 Å². The molecule has 0 bridgehead atoms. The normalized spacial score (nSPS) is 14.6. The summed E-state index contributed by atoms with van der Waals surface area (Å²) in [6.45, 7) is 3.12. The van der Waals surface area contributed by atoms with Crippen LogP contribution in [-0.4, -0.2) is 51.9 Å². The van der Waals surface area contributed by atoms with Crippen LogP contribution in [0.15, 0.2) is 59.4 Å². The standard InChI is InChI=1S/C25H22ClFN4O2S/c26-19-4-2-1-3-17(19)13-23(32)31-11-9-30(10-12-31)15-22-28-20-14-21(34-24(20)25(33)29-22)16-5-7-18(27)8-6-16/h1-8,14H,9-13,15H2,(H,28,29,33). The van der Waals surface area contributed by atoms with Crippen LogP contribution in [-0.2, 0) is 17.8 Å². The fourth-order valence-electron chi connectivity index (χ4n) is 4.10. The molecule has 4 aromatic rings. The molecule has 1 amide bonds. The lowest BCUT2D eigenvalue weighted by atomic mass is 10.1. The Bertz CT molecular complexity index is 1390. The maximum atomic E-state index is 13.2. The predicted octanol–water partition coefficient (Wildman–Crippen LogP) is 4.33. The molecule has 9 heteroatoms. The van der Waals surface area contributed by atoms with Gasteiger partial charge in [0.1, 0.15) is 16.3 Å². The number of fused-ring (bicyclic) bond motifs is 1. The first kappa shape index (κ1) is 22.7. The second-order valence-corrected chi connectivity index (χ2v) is 9.73. The van der Waals surface area contributed by atoms with Gasteiger partial charge in [0.25, 0.3) is 5.56 Å². The van der Waals surface area contributed by atoms with Gasteiger partial charge in [-0.15, -0.1) is 11.3 Å². The van der Waals surface area contributed by atoms with Gasteiger partial charge in [0.15, 0.2) is 0 Å². The van der Waals surface area contributed by atoms with Crippen molar-refractivity contribution in [2.75, 3.05) is 26.2 Å². The molecular weight excluding hydrogens is 475 g/mol. The molecule has 6 nitrogen and oxygen atoms in total. The third-order valence-corrected chi connectivity index (χ3v) is 7.50. The lowest BCUT2D eigenvalue weighted by molar-refractivity contribution is -0.132. The molecular formula is C25H22ClFN4O2S. The Labute approximate surface area is 204 Å². The number of nitrogens with zero attached hydrogens (tertiary/aromatic N) is 3. The molecule has 34 heavy (non-hydrogen) atoms. The van der Waals surface area contributed by atoms with Crippen molar-refractivity contribution >= 4 is 39.1 Å². The maximum absolute atomic E-state index is 13.2. The first-order chi connectivity index (χ1) is 16.5. The van der Waals surface area contributed by atoms with Crippen LogP contribution in [0.5, 0.6) is 0 Å². The number of aromatic nitrogens is 2. The van der Waals surface area contributed by atoms with Crippen LogP contribution in [0.4, 0.5) is 4.39 Å². The quantitative estimate of drug-likeness (QED) is 0.446. The number of thiophene rings is 1. The highest BCUT2D eigenvalue weighted by Crippen LogP contribution is 2.31. The zero-order valence-electron chi connectivity index (χ0n) is 18.3. The number of hydrogen-bond donors (Lipinski definition) is 1. The lowest BCUT2D eigenvalue weighted by Gasteiger charge is -2.34. The van der Waals surface area contributed by atoms with Gasteiger partial charge in [-0.25, -0.2) is 9.37 Å². The van der Waals surface area contributed by atoms with E-state index < -0.39 is 0 Å². The summed E-state index contributed by atoms with van der Waals surface area (Å²) in [6.07, 6.45) is 0.291. The molecule has 174 valence electrons. The number of H-pyrrole nitrogens is 1. The van der Waals surface area contributed by atoms with Crippen molar-refractivity contribution in [1.82, 2.24) is 19.8 Å². The second kappa shape index (κ2) is 9.66. The molecule has 5 rings (SSSR count). The molecule has 1 saturated heterocycles. The lowest BCUT2D eigenvalue weighted by Crippen LogP contribution is -2.49. The number of hydrogen-bond acceptors (Lipinski definition) is 5. The molecule has 0 spiro atoms. The summed E-state index contributed by atoms with van der Waals surface area (Å²) in [4.78, 5) is 37.8. The number of halogens is 2. The average Bonchev–Trinajstić information content (AvgIpc) is 3.26. The monoisotopic (exact) mass is 496 g/mol. The van der Waals surface area contributed by atoms with E-state index >= 15 is 0 Å². The zero-order valence-corrected chi connectivity index (χ0v) is 19.8. The van der Waals surface area contributed by atoms with Gasteiger partial charge in [0, 0.05) is 36.1 Å². The summed E-state index contributed by atoms with van der Waals surface area (Å²) in [5.74, 6) is 0.359. The highest BCUT2D eigenvalue weighted by molar-refractivity contribution is 7.22. The molecule has 0 atom stereocenters. The number of piperazine rings is 1. The van der Waals surface area contributed by atoms with E-state index in [0.29, 0.717) is 60.2 Å². The van der Waals surface area contributed by atoms with Crippen LogP contribution in [0.25, 0.3) is 20.7 Å². The van der Waals surface area contributed by atoms with Crippen molar-refractivity contribution in [3.8, 4) is 10.4 Å². The zero-order chi connectivity index (χ0) is 23.7. The predicted molar refractivity (Wildman–Crippen MR) is 133 cm³/mol. The van der Waals surface area contributed by atoms with Gasteiger partial charge < -0.3 is 9.88 Å². The number of carbonyl (C=O) groups is 1. The topological polar surface area (TPSA) is 69.3 Å². The van der Waals surface area contributed by atoms with Crippen LogP contribution in [0.2, 0.25) is 5.02 Å². The number of amides is 1. The Balaban J connectivity index is 1.23. The van der Waals surface area contributed by atoms with E-state index in [2.05, 4.69) is 14.9 Å². The first-order valence-corrected chi connectivity index (χ1v) is 12.2. The van der Waals surface area contributed by atoms with Gasteiger partial charge in [0.05, 0.1) is 18.5 Å². The van der Waals surface area contributed by atoms with Crippen LogP contribution in [0, 0.1) is 5.82 Å². The molecule has 1 fully saturated rings. The van der Waals surface area contributed by atoms with Crippen molar-refractivity contribution in [3.63, 3.8) is 0 Å². The van der Waals surface area contributed by atoms with Crippen molar-refractivity contribution in [1.29, 1.82) is 0 Å². The number of carbonyl (C=O) groups excluding carboxylic acids is 1. The number of aromatic amines is 1. The number of benzene rings is 2. The van der Waals surface area contributed by atoms with E-state index in [-0.39, 0.29) is 17.3 Å². The third-order valence-electron chi connectivity index (χ3n) is 5.96. The molecule has 3 heterocycles. The third kappa shape index (κ3) is 4.89. The van der Waals surface area contributed by atoms with Gasteiger partial charge in [0.2, 0.25) is 5.91 Å². The van der Waals surface area contributed by atoms with Gasteiger partial charge in [-0.05, 0) is 35.4 Å². The summed E-state index contributed by atoms with van der Waals surface area (Å²) in [7, 11) is 0. The average molecular weight is 497 g/mol. The molecule has 0 unspecified atom stereocenters. The maximum Gasteiger partial charge on any atom is 0.268 e. The molecule has 2 aromatic carbocycles. The van der Waals surface area contributed by atoms with E-state index in [1.165, 1.54) is 23.5 Å². The van der Waals surface area contributed by atoms with Crippen molar-refractivity contribution in [3.05, 3.63) is 87.2 Å². The first-order valence-electron chi connectivity index (χ1n) is 11.0. The fraction of sp³-hybridized carbons (Fsp3) is 0.240. The van der Waals surface area contributed by atoms with Crippen molar-refractivity contribution in [2.24, 2.45) is 0 Å². The molecule has 1 aliphatic heterocycles. The fourth-order valence-corrected chi connectivity index (χ4v) is 5.30. The summed E-state index contributed by atoms with van der Waals surface area (Å²) in [5, 5.41) is 0.607. The largest absolute Gasteiger partial charge is 0.340 e. The van der Waals surface area contributed by atoms with E-state index in [9.17, 15) is 14.0 Å². The minimum atomic E-state index is -0.297. The van der Waals surface area contributed by atoms with Crippen LogP contribution < -0.4 is 5.56 Å². The Kier molecular flexibility index (Phi) is 6.45. The molecule has 0 radical (unpaired) electrons. The molecule has 0 aliphatic carbocycles. The molecule has 0 saturated carbocycles. The highest BCUT2D eigenvalue weighted by Gasteiger charge is 2.22. The Morgan fingerprint density at radius 1 is 1.09 bits per heavy atom. The minimum absolute atomic E-state index is 0.0623. The Morgan fingerprint density at radius 3 is 2.56 bits per heavy atom. The van der Waals surface area contributed by atoms with Gasteiger partial charge in [-0.2, -0.15) is 0 Å². The van der Waals surface area contributed by atoms with Gasteiger partial charge in [-0.3, -0.25) is 14.5 Å². The summed E-state index contributed by atoms with van der Waals surface area (Å²) in [6, 6.07) is 15.5. The smallest absolute Gasteiger partial charge is 0.268 e. The summed E-state index contributed by atoms with van der Waals surface area (Å²) >= 11 is 7.54. The van der Waals surface area contributed by atoms with Crippen molar-refractivity contribution < 1.29 is 9.18 Å².